The van der Waals surface area contributed by atoms with Gasteiger partial charge in [-0.05, 0) is 31.6 Å². The van der Waals surface area contributed by atoms with E-state index in [2.05, 4.69) is 35.8 Å². The minimum atomic E-state index is 0.459. The molecule has 0 aromatic heterocycles. The maximum atomic E-state index is 3.71. The molecule has 1 spiro atoms. The third kappa shape index (κ3) is 1.94. The van der Waals surface area contributed by atoms with Crippen molar-refractivity contribution in [1.82, 2.24) is 5.32 Å². The fourth-order valence-corrected chi connectivity index (χ4v) is 5.03. The largest absolute Gasteiger partial charge is 0.302 e. The van der Waals surface area contributed by atoms with Gasteiger partial charge in [0.2, 0.25) is 0 Å². The molecule has 2 heterocycles. The summed E-state index contributed by atoms with van der Waals surface area (Å²) in [5, 5.41) is 4.57. The molecule has 0 bridgehead atoms. The van der Waals surface area contributed by atoms with Crippen LogP contribution in [0, 0.1) is 0 Å². The van der Waals surface area contributed by atoms with E-state index in [1.54, 1.807) is 0 Å². The molecule has 12 heavy (non-hydrogen) atoms. The first-order valence-corrected chi connectivity index (χ1v) is 6.85. The Morgan fingerprint density at radius 1 is 1.50 bits per heavy atom. The Morgan fingerprint density at radius 2 is 2.42 bits per heavy atom. The number of thioether (sulfide) groups is 2. The van der Waals surface area contributed by atoms with Crippen molar-refractivity contribution in [2.45, 2.75) is 36.3 Å². The van der Waals surface area contributed by atoms with E-state index in [-0.39, 0.29) is 0 Å². The first kappa shape index (κ1) is 9.22. The van der Waals surface area contributed by atoms with Gasteiger partial charge < -0.3 is 5.32 Å². The lowest BCUT2D eigenvalue weighted by molar-refractivity contribution is 0.439. The van der Waals surface area contributed by atoms with E-state index in [0.717, 1.165) is 5.25 Å². The molecule has 2 aliphatic heterocycles. The maximum Gasteiger partial charge on any atom is 0.0739 e. The molecule has 2 fully saturated rings. The van der Waals surface area contributed by atoms with Gasteiger partial charge in [-0.2, -0.15) is 11.8 Å². The smallest absolute Gasteiger partial charge is 0.0739 e. The zero-order valence-electron chi connectivity index (χ0n) is 7.64. The van der Waals surface area contributed by atoms with Gasteiger partial charge in [0.15, 0.2) is 0 Å². The summed E-state index contributed by atoms with van der Waals surface area (Å²) >= 11 is 4.30. The van der Waals surface area contributed by atoms with E-state index in [0.29, 0.717) is 4.87 Å². The molecule has 0 saturated carbocycles. The Bertz CT molecular complexity index is 149. The van der Waals surface area contributed by atoms with Crippen LogP contribution in [0.15, 0.2) is 0 Å². The van der Waals surface area contributed by atoms with E-state index < -0.39 is 0 Å². The average Bonchev–Trinajstić information content (AvgIpc) is 2.05. The molecular formula is C9H17NS2. The zero-order valence-corrected chi connectivity index (χ0v) is 9.27. The van der Waals surface area contributed by atoms with Gasteiger partial charge in [0, 0.05) is 11.0 Å². The van der Waals surface area contributed by atoms with Crippen LogP contribution in [-0.2, 0) is 0 Å². The van der Waals surface area contributed by atoms with E-state index in [9.17, 15) is 0 Å². The van der Waals surface area contributed by atoms with Crippen LogP contribution in [0.25, 0.3) is 0 Å². The molecule has 0 amide bonds. The molecule has 70 valence electrons. The highest BCUT2D eigenvalue weighted by atomic mass is 32.2. The molecule has 3 heteroatoms. The van der Waals surface area contributed by atoms with Gasteiger partial charge in [-0.1, -0.05) is 6.92 Å². The first-order valence-electron chi connectivity index (χ1n) is 4.81. The number of hydrogen-bond acceptors (Lipinski definition) is 3. The summed E-state index contributed by atoms with van der Waals surface area (Å²) in [6.07, 6.45) is 4.13. The maximum absolute atomic E-state index is 3.71. The predicted octanol–water partition coefficient (Wildman–Crippen LogP) is 2.32. The number of rotatable bonds is 0. The van der Waals surface area contributed by atoms with Crippen LogP contribution in [0.4, 0.5) is 0 Å². The fourth-order valence-electron chi connectivity index (χ4n) is 1.99. The quantitative estimate of drug-likeness (QED) is 0.649. The molecule has 0 aromatic rings. The van der Waals surface area contributed by atoms with Crippen molar-refractivity contribution in [2.75, 3.05) is 18.1 Å². The molecule has 2 aliphatic rings. The van der Waals surface area contributed by atoms with Crippen molar-refractivity contribution in [1.29, 1.82) is 0 Å². The van der Waals surface area contributed by atoms with E-state index in [1.165, 1.54) is 37.3 Å². The topological polar surface area (TPSA) is 12.0 Å². The van der Waals surface area contributed by atoms with Gasteiger partial charge in [0.25, 0.3) is 0 Å². The minimum absolute atomic E-state index is 0.459. The van der Waals surface area contributed by atoms with Crippen LogP contribution in [0.2, 0.25) is 0 Å². The monoisotopic (exact) mass is 203 g/mol. The third-order valence-electron chi connectivity index (χ3n) is 2.63. The Morgan fingerprint density at radius 3 is 3.08 bits per heavy atom. The van der Waals surface area contributed by atoms with Crippen molar-refractivity contribution < 1.29 is 0 Å². The van der Waals surface area contributed by atoms with E-state index >= 15 is 0 Å². The van der Waals surface area contributed by atoms with Gasteiger partial charge in [-0.25, -0.2) is 0 Å². The summed E-state index contributed by atoms with van der Waals surface area (Å²) in [6, 6.07) is 0. The fraction of sp³-hybridized carbons (Fsp3) is 1.00. The zero-order chi connectivity index (χ0) is 8.44. The minimum Gasteiger partial charge on any atom is -0.302 e. The Balaban J connectivity index is 1.97. The Kier molecular flexibility index (Phi) is 2.93. The van der Waals surface area contributed by atoms with Crippen LogP contribution in [-0.4, -0.2) is 28.2 Å². The van der Waals surface area contributed by atoms with Crippen molar-refractivity contribution >= 4 is 23.5 Å². The van der Waals surface area contributed by atoms with Crippen molar-refractivity contribution in [3.8, 4) is 0 Å². The second kappa shape index (κ2) is 3.81. The lowest BCUT2D eigenvalue weighted by Gasteiger charge is -2.42. The normalized spacial score (nSPS) is 43.2. The van der Waals surface area contributed by atoms with Crippen molar-refractivity contribution in [2.24, 2.45) is 0 Å². The summed E-state index contributed by atoms with van der Waals surface area (Å²) < 4.78 is 0. The molecule has 1 nitrogen and oxygen atoms in total. The van der Waals surface area contributed by atoms with Gasteiger partial charge in [0.1, 0.15) is 0 Å². The van der Waals surface area contributed by atoms with Gasteiger partial charge in [0.05, 0.1) is 4.87 Å². The molecule has 2 atom stereocenters. The van der Waals surface area contributed by atoms with Crippen LogP contribution < -0.4 is 5.32 Å². The molecule has 2 rings (SSSR count). The van der Waals surface area contributed by atoms with Gasteiger partial charge in [-0.15, -0.1) is 11.8 Å². The second-order valence-corrected chi connectivity index (χ2v) is 6.72. The summed E-state index contributed by atoms with van der Waals surface area (Å²) in [4.78, 5) is 0.459. The molecule has 0 aromatic carbocycles. The Hall–Kier alpha value is 0.660. The molecule has 2 unspecified atom stereocenters. The standard InChI is InChI=1S/C9H17NS2/c1-8-3-5-10-9(12-8)4-2-6-11-7-9/h8,10H,2-7H2,1H3. The lowest BCUT2D eigenvalue weighted by atomic mass is 10.1. The van der Waals surface area contributed by atoms with Crippen LogP contribution in [0.3, 0.4) is 0 Å². The highest BCUT2D eigenvalue weighted by molar-refractivity contribution is 8.04. The van der Waals surface area contributed by atoms with Crippen LogP contribution >= 0.6 is 23.5 Å². The van der Waals surface area contributed by atoms with Crippen LogP contribution in [0.5, 0.6) is 0 Å². The summed E-state index contributed by atoms with van der Waals surface area (Å²) in [7, 11) is 0. The average molecular weight is 203 g/mol. The van der Waals surface area contributed by atoms with Crippen LogP contribution in [0.1, 0.15) is 26.2 Å². The first-order chi connectivity index (χ1) is 5.81. The molecular weight excluding hydrogens is 186 g/mol. The summed E-state index contributed by atoms with van der Waals surface area (Å²) in [6.45, 7) is 3.60. The number of nitrogens with one attached hydrogen (secondary N) is 1. The highest BCUT2D eigenvalue weighted by Crippen LogP contribution is 2.41. The molecule has 1 N–H and O–H groups in total. The van der Waals surface area contributed by atoms with Gasteiger partial charge in [-0.3, -0.25) is 0 Å². The molecule has 0 aliphatic carbocycles. The van der Waals surface area contributed by atoms with Crippen molar-refractivity contribution in [3.05, 3.63) is 0 Å². The van der Waals surface area contributed by atoms with E-state index in [4.69, 9.17) is 0 Å². The Labute approximate surface area is 83.4 Å². The third-order valence-corrected chi connectivity index (χ3v) is 5.67. The highest BCUT2D eigenvalue weighted by Gasteiger charge is 2.36. The molecule has 2 saturated heterocycles. The lowest BCUT2D eigenvalue weighted by Crippen LogP contribution is -2.51. The second-order valence-electron chi connectivity index (χ2n) is 3.79. The SMILES string of the molecule is CC1CCNC2(CCCSC2)S1. The predicted molar refractivity (Wildman–Crippen MR) is 59.0 cm³/mol. The summed E-state index contributed by atoms with van der Waals surface area (Å²) in [5.41, 5.74) is 0. The van der Waals surface area contributed by atoms with Crippen molar-refractivity contribution in [3.63, 3.8) is 0 Å². The van der Waals surface area contributed by atoms with E-state index in [1.807, 2.05) is 0 Å². The molecule has 0 radical (unpaired) electrons. The van der Waals surface area contributed by atoms with Gasteiger partial charge >= 0.3 is 0 Å². The number of hydrogen-bond donors (Lipinski definition) is 1. The summed E-state index contributed by atoms with van der Waals surface area (Å²) in [5.74, 6) is 2.69.